The second kappa shape index (κ2) is 8.95. The molecule has 5 nitrogen and oxygen atoms in total. The van der Waals surface area contributed by atoms with Crippen molar-refractivity contribution in [2.75, 3.05) is 19.7 Å². The maximum Gasteiger partial charge on any atom is 0.257 e. The summed E-state index contributed by atoms with van der Waals surface area (Å²) in [6, 6.07) is 19.8. The maximum atomic E-state index is 13.3. The number of likely N-dealkylation sites (tertiary alicyclic amines) is 1. The van der Waals surface area contributed by atoms with Crippen molar-refractivity contribution in [3.63, 3.8) is 0 Å². The number of amides is 1. The first kappa shape index (κ1) is 19.2. The third-order valence-corrected chi connectivity index (χ3v) is 5.47. The van der Waals surface area contributed by atoms with E-state index in [4.69, 9.17) is 4.74 Å². The van der Waals surface area contributed by atoms with E-state index in [1.165, 1.54) is 0 Å². The predicted octanol–water partition coefficient (Wildman–Crippen LogP) is 4.37. The Balaban J connectivity index is 1.46. The highest BCUT2D eigenvalue weighted by Crippen LogP contribution is 2.23. The predicted molar refractivity (Wildman–Crippen MR) is 114 cm³/mol. The van der Waals surface area contributed by atoms with Gasteiger partial charge in [0, 0.05) is 19.0 Å². The smallest absolute Gasteiger partial charge is 0.257 e. The van der Waals surface area contributed by atoms with Crippen molar-refractivity contribution in [3.8, 4) is 11.4 Å². The quantitative estimate of drug-likeness (QED) is 0.629. The van der Waals surface area contributed by atoms with E-state index in [1.54, 1.807) is 6.20 Å². The topological polar surface area (TPSA) is 47.4 Å². The van der Waals surface area contributed by atoms with E-state index in [2.05, 4.69) is 12.0 Å². The fourth-order valence-electron chi connectivity index (χ4n) is 3.97. The van der Waals surface area contributed by atoms with Crippen molar-refractivity contribution in [2.45, 2.75) is 26.2 Å². The first-order valence-corrected chi connectivity index (χ1v) is 10.4. The highest BCUT2D eigenvalue weighted by molar-refractivity contribution is 5.95. The van der Waals surface area contributed by atoms with E-state index in [0.29, 0.717) is 18.1 Å². The molecule has 1 aromatic heterocycles. The first-order valence-electron chi connectivity index (χ1n) is 10.4. The summed E-state index contributed by atoms with van der Waals surface area (Å²) in [5.41, 5.74) is 2.65. The molecule has 1 atom stereocenters. The summed E-state index contributed by atoms with van der Waals surface area (Å²) in [5, 5.41) is 4.51. The van der Waals surface area contributed by atoms with E-state index in [1.807, 2.05) is 70.2 Å². The van der Waals surface area contributed by atoms with Gasteiger partial charge in [-0.15, -0.1) is 0 Å². The van der Waals surface area contributed by atoms with E-state index in [0.717, 1.165) is 49.5 Å². The van der Waals surface area contributed by atoms with Gasteiger partial charge in [-0.25, -0.2) is 4.68 Å². The fraction of sp³-hybridized carbons (Fsp3) is 0.333. The van der Waals surface area contributed by atoms with Crippen LogP contribution in [-0.2, 0) is 6.42 Å². The lowest BCUT2D eigenvalue weighted by Crippen LogP contribution is -2.41. The molecule has 1 aliphatic rings. The molecule has 2 heterocycles. The van der Waals surface area contributed by atoms with Crippen molar-refractivity contribution < 1.29 is 9.53 Å². The van der Waals surface area contributed by atoms with Crippen LogP contribution in [0, 0.1) is 5.92 Å². The van der Waals surface area contributed by atoms with Gasteiger partial charge in [0.2, 0.25) is 0 Å². The van der Waals surface area contributed by atoms with Crippen molar-refractivity contribution in [1.82, 2.24) is 14.7 Å². The van der Waals surface area contributed by atoms with Gasteiger partial charge >= 0.3 is 0 Å². The minimum absolute atomic E-state index is 0.0773. The van der Waals surface area contributed by atoms with Gasteiger partial charge in [0.15, 0.2) is 0 Å². The third kappa shape index (κ3) is 4.34. The van der Waals surface area contributed by atoms with Crippen LogP contribution >= 0.6 is 0 Å². The summed E-state index contributed by atoms with van der Waals surface area (Å²) in [5.74, 6) is 1.31. The number of para-hydroxylation sites is 2. The second-order valence-electron chi connectivity index (χ2n) is 7.49. The SMILES string of the molecule is CCc1c(C(=O)N2CCCC(COc3ccccc3)C2)cnn1-c1ccccc1. The number of carbonyl (C=O) groups excluding carboxylic acids is 1. The van der Waals surface area contributed by atoms with Gasteiger partial charge in [0.25, 0.3) is 5.91 Å². The molecule has 0 radical (unpaired) electrons. The van der Waals surface area contributed by atoms with Crippen LogP contribution in [0.2, 0.25) is 0 Å². The Kier molecular flexibility index (Phi) is 5.94. The first-order chi connectivity index (χ1) is 14.3. The van der Waals surface area contributed by atoms with Gasteiger partial charge in [-0.3, -0.25) is 4.79 Å². The molecular weight excluding hydrogens is 362 g/mol. The summed E-state index contributed by atoms with van der Waals surface area (Å²) in [4.78, 5) is 15.2. The zero-order chi connectivity index (χ0) is 20.1. The van der Waals surface area contributed by atoms with Crippen molar-refractivity contribution in [3.05, 3.63) is 78.1 Å². The molecular formula is C24H27N3O2. The number of aromatic nitrogens is 2. The second-order valence-corrected chi connectivity index (χ2v) is 7.49. The molecule has 0 N–H and O–H groups in total. The molecule has 4 rings (SSSR count). The van der Waals surface area contributed by atoms with Crippen LogP contribution in [0.15, 0.2) is 66.9 Å². The van der Waals surface area contributed by atoms with Crippen LogP contribution in [0.25, 0.3) is 5.69 Å². The fourth-order valence-corrected chi connectivity index (χ4v) is 3.97. The number of rotatable bonds is 6. The molecule has 29 heavy (non-hydrogen) atoms. The third-order valence-electron chi connectivity index (χ3n) is 5.47. The van der Waals surface area contributed by atoms with Gasteiger partial charge in [0.1, 0.15) is 5.75 Å². The van der Waals surface area contributed by atoms with Crippen LogP contribution in [-0.4, -0.2) is 40.3 Å². The zero-order valence-electron chi connectivity index (χ0n) is 16.8. The molecule has 1 saturated heterocycles. The molecule has 2 aromatic carbocycles. The van der Waals surface area contributed by atoms with Crippen LogP contribution in [0.5, 0.6) is 5.75 Å². The summed E-state index contributed by atoms with van der Waals surface area (Å²) in [6.45, 7) is 4.23. The zero-order valence-corrected chi connectivity index (χ0v) is 16.8. The largest absolute Gasteiger partial charge is 0.493 e. The number of hydrogen-bond acceptors (Lipinski definition) is 3. The molecule has 3 aromatic rings. The molecule has 5 heteroatoms. The van der Waals surface area contributed by atoms with E-state index >= 15 is 0 Å². The van der Waals surface area contributed by atoms with Crippen LogP contribution < -0.4 is 4.74 Å². The Labute approximate surface area is 171 Å². The molecule has 1 unspecified atom stereocenters. The summed E-state index contributed by atoms with van der Waals surface area (Å²) < 4.78 is 7.81. The number of benzene rings is 2. The Morgan fingerprint density at radius 2 is 1.83 bits per heavy atom. The summed E-state index contributed by atoms with van der Waals surface area (Å²) in [6.07, 6.45) is 4.56. The van der Waals surface area contributed by atoms with Gasteiger partial charge in [-0.2, -0.15) is 5.10 Å². The highest BCUT2D eigenvalue weighted by atomic mass is 16.5. The molecule has 0 bridgehead atoms. The molecule has 0 saturated carbocycles. The summed E-state index contributed by atoms with van der Waals surface area (Å²) >= 11 is 0. The van der Waals surface area contributed by atoms with Crippen molar-refractivity contribution in [2.24, 2.45) is 5.92 Å². The van der Waals surface area contributed by atoms with Crippen molar-refractivity contribution in [1.29, 1.82) is 0 Å². The lowest BCUT2D eigenvalue weighted by atomic mass is 9.98. The minimum atomic E-state index is 0.0773. The van der Waals surface area contributed by atoms with E-state index in [-0.39, 0.29) is 5.91 Å². The lowest BCUT2D eigenvalue weighted by Gasteiger charge is -2.32. The Morgan fingerprint density at radius 1 is 1.10 bits per heavy atom. The molecule has 0 spiro atoms. The molecule has 1 amide bonds. The number of nitrogens with zero attached hydrogens (tertiary/aromatic N) is 3. The van der Waals surface area contributed by atoms with Crippen LogP contribution in [0.1, 0.15) is 35.8 Å². The molecule has 150 valence electrons. The van der Waals surface area contributed by atoms with Gasteiger partial charge in [-0.05, 0) is 43.5 Å². The van der Waals surface area contributed by atoms with Gasteiger partial charge < -0.3 is 9.64 Å². The average molecular weight is 389 g/mol. The van der Waals surface area contributed by atoms with Gasteiger partial charge in [-0.1, -0.05) is 43.3 Å². The highest BCUT2D eigenvalue weighted by Gasteiger charge is 2.27. The Bertz CT molecular complexity index is 937. The lowest BCUT2D eigenvalue weighted by molar-refractivity contribution is 0.0632. The number of piperidine rings is 1. The number of carbonyl (C=O) groups is 1. The number of hydrogen-bond donors (Lipinski definition) is 0. The summed E-state index contributed by atoms with van der Waals surface area (Å²) in [7, 11) is 0. The van der Waals surface area contributed by atoms with E-state index < -0.39 is 0 Å². The Morgan fingerprint density at radius 3 is 2.55 bits per heavy atom. The van der Waals surface area contributed by atoms with E-state index in [9.17, 15) is 4.79 Å². The number of ether oxygens (including phenoxy) is 1. The molecule has 1 fully saturated rings. The van der Waals surface area contributed by atoms with Crippen LogP contribution in [0.3, 0.4) is 0 Å². The Hall–Kier alpha value is -3.08. The maximum absolute atomic E-state index is 13.3. The monoisotopic (exact) mass is 389 g/mol. The van der Waals surface area contributed by atoms with Gasteiger partial charge in [0.05, 0.1) is 29.7 Å². The van der Waals surface area contributed by atoms with Crippen LogP contribution in [0.4, 0.5) is 0 Å². The average Bonchev–Trinajstić information content (AvgIpc) is 3.23. The van der Waals surface area contributed by atoms with Crippen molar-refractivity contribution >= 4 is 5.91 Å². The normalized spacial score (nSPS) is 16.6. The minimum Gasteiger partial charge on any atom is -0.493 e. The standard InChI is InChI=1S/C24H27N3O2/c1-2-23-22(16-25-27(23)20-11-5-3-6-12-20)24(28)26-15-9-10-19(17-26)18-29-21-13-7-4-8-14-21/h3-8,11-14,16,19H,2,9-10,15,17-18H2,1H3. The molecule has 0 aliphatic carbocycles. The molecule has 1 aliphatic heterocycles.